The molecule has 0 aliphatic rings. The van der Waals surface area contributed by atoms with Crippen LogP contribution in [0.5, 0.6) is 0 Å². The van der Waals surface area contributed by atoms with Crippen LogP contribution in [0, 0.1) is 0 Å². The van der Waals surface area contributed by atoms with Gasteiger partial charge in [-0.25, -0.2) is 4.79 Å². The Morgan fingerprint density at radius 1 is 1.50 bits per heavy atom. The Hall–Kier alpha value is -1.14. The molecule has 0 saturated heterocycles. The van der Waals surface area contributed by atoms with E-state index in [1.807, 2.05) is 0 Å². The van der Waals surface area contributed by atoms with E-state index in [0.29, 0.717) is 0 Å². The standard InChI is InChI=1S/C6H12N2O4/c1-6(8,5(10)11-2)12-4(9)3-7/h3,7-8H2,1-2H3. The smallest absolute Gasteiger partial charge is 0.365 e. The first-order valence-electron chi connectivity index (χ1n) is 3.23. The summed E-state index contributed by atoms with van der Waals surface area (Å²) in [5.41, 5.74) is 8.45. The maximum atomic E-state index is 10.8. The summed E-state index contributed by atoms with van der Waals surface area (Å²) in [6, 6.07) is 0. The van der Waals surface area contributed by atoms with Gasteiger partial charge in [-0.1, -0.05) is 0 Å². The average molecular weight is 176 g/mol. The molecule has 0 aliphatic carbocycles. The van der Waals surface area contributed by atoms with Crippen molar-refractivity contribution in [3.05, 3.63) is 0 Å². The minimum absolute atomic E-state index is 0.330. The molecule has 1 atom stereocenters. The fourth-order valence-corrected chi connectivity index (χ4v) is 0.522. The largest absolute Gasteiger partial charge is 0.465 e. The van der Waals surface area contributed by atoms with Crippen molar-refractivity contribution >= 4 is 11.9 Å². The van der Waals surface area contributed by atoms with Crippen LogP contribution in [0.25, 0.3) is 0 Å². The molecule has 0 fully saturated rings. The molecule has 0 rings (SSSR count). The van der Waals surface area contributed by atoms with Gasteiger partial charge in [-0.3, -0.25) is 10.5 Å². The average Bonchev–Trinajstić information content (AvgIpc) is 2.02. The van der Waals surface area contributed by atoms with Gasteiger partial charge in [-0.2, -0.15) is 0 Å². The monoisotopic (exact) mass is 176 g/mol. The fraction of sp³-hybridized carbons (Fsp3) is 0.667. The molecule has 0 aliphatic heterocycles. The fourth-order valence-electron chi connectivity index (χ4n) is 0.522. The summed E-state index contributed by atoms with van der Waals surface area (Å²) in [4.78, 5) is 21.4. The van der Waals surface area contributed by atoms with Crippen molar-refractivity contribution in [2.75, 3.05) is 13.7 Å². The molecule has 0 aromatic rings. The van der Waals surface area contributed by atoms with Gasteiger partial charge in [0.05, 0.1) is 13.7 Å². The second-order valence-corrected chi connectivity index (χ2v) is 2.28. The normalized spacial score (nSPS) is 14.7. The van der Waals surface area contributed by atoms with Gasteiger partial charge in [0.15, 0.2) is 0 Å². The first kappa shape index (κ1) is 10.9. The highest BCUT2D eigenvalue weighted by Crippen LogP contribution is 2.03. The topological polar surface area (TPSA) is 105 Å². The van der Waals surface area contributed by atoms with Crippen LogP contribution in [0.2, 0.25) is 0 Å². The molecule has 0 aromatic carbocycles. The van der Waals surface area contributed by atoms with E-state index >= 15 is 0 Å². The lowest BCUT2D eigenvalue weighted by Crippen LogP contribution is -2.50. The first-order chi connectivity index (χ1) is 5.44. The molecule has 1 unspecified atom stereocenters. The number of ether oxygens (including phenoxy) is 2. The number of carbonyl (C=O) groups is 2. The minimum atomic E-state index is -1.76. The van der Waals surface area contributed by atoms with Crippen LogP contribution in [-0.4, -0.2) is 31.3 Å². The number of hydrogen-bond donors (Lipinski definition) is 2. The van der Waals surface area contributed by atoms with Crippen molar-refractivity contribution in [2.24, 2.45) is 11.5 Å². The molecule has 0 saturated carbocycles. The Morgan fingerprint density at radius 2 is 2.00 bits per heavy atom. The molecule has 4 N–H and O–H groups in total. The number of rotatable bonds is 3. The van der Waals surface area contributed by atoms with Gasteiger partial charge in [-0.15, -0.1) is 0 Å². The van der Waals surface area contributed by atoms with Crippen LogP contribution in [0.3, 0.4) is 0 Å². The number of esters is 2. The van der Waals surface area contributed by atoms with E-state index in [1.54, 1.807) is 0 Å². The van der Waals surface area contributed by atoms with Crippen LogP contribution in [0.15, 0.2) is 0 Å². The third-order valence-corrected chi connectivity index (χ3v) is 1.08. The zero-order valence-corrected chi connectivity index (χ0v) is 6.99. The summed E-state index contributed by atoms with van der Waals surface area (Å²) in [6.45, 7) is 0.885. The highest BCUT2D eigenvalue weighted by atomic mass is 16.6. The summed E-state index contributed by atoms with van der Waals surface area (Å²) >= 11 is 0. The second-order valence-electron chi connectivity index (χ2n) is 2.28. The van der Waals surface area contributed by atoms with Gasteiger partial charge < -0.3 is 15.2 Å². The third-order valence-electron chi connectivity index (χ3n) is 1.08. The van der Waals surface area contributed by atoms with E-state index in [4.69, 9.17) is 11.5 Å². The Kier molecular flexibility index (Phi) is 3.65. The molecule has 6 nitrogen and oxygen atoms in total. The number of methoxy groups -OCH3 is 1. The van der Waals surface area contributed by atoms with Crippen molar-refractivity contribution < 1.29 is 19.1 Å². The van der Waals surface area contributed by atoms with Crippen molar-refractivity contribution in [3.8, 4) is 0 Å². The molecular formula is C6H12N2O4. The Bertz CT molecular complexity index is 190. The van der Waals surface area contributed by atoms with Crippen molar-refractivity contribution in [1.82, 2.24) is 0 Å². The summed E-state index contributed by atoms with van der Waals surface area (Å²) < 4.78 is 8.76. The molecule has 70 valence electrons. The Balaban J connectivity index is 4.21. The summed E-state index contributed by atoms with van der Waals surface area (Å²) in [7, 11) is 1.14. The molecule has 0 amide bonds. The molecule has 0 radical (unpaired) electrons. The first-order valence-corrected chi connectivity index (χ1v) is 3.23. The maximum absolute atomic E-state index is 10.8. The zero-order valence-electron chi connectivity index (χ0n) is 6.99. The van der Waals surface area contributed by atoms with Crippen LogP contribution in [-0.2, 0) is 19.1 Å². The molecular weight excluding hydrogens is 164 g/mol. The predicted octanol–water partition coefficient (Wildman–Crippen LogP) is -1.66. The number of carbonyl (C=O) groups excluding carboxylic acids is 2. The van der Waals surface area contributed by atoms with Gasteiger partial charge in [0, 0.05) is 6.92 Å². The Labute approximate surface area is 69.8 Å². The lowest BCUT2D eigenvalue weighted by Gasteiger charge is -2.20. The van der Waals surface area contributed by atoms with Crippen LogP contribution in [0.4, 0.5) is 0 Å². The summed E-state index contributed by atoms with van der Waals surface area (Å²) in [5.74, 6) is -1.59. The SMILES string of the molecule is COC(=O)C(C)(N)OC(=O)CN. The van der Waals surface area contributed by atoms with E-state index in [1.165, 1.54) is 6.92 Å². The van der Waals surface area contributed by atoms with E-state index in [2.05, 4.69) is 9.47 Å². The number of nitrogens with two attached hydrogens (primary N) is 2. The van der Waals surface area contributed by atoms with Gasteiger partial charge in [0.2, 0.25) is 0 Å². The van der Waals surface area contributed by atoms with Crippen LogP contribution >= 0.6 is 0 Å². The predicted molar refractivity (Wildman–Crippen MR) is 39.8 cm³/mol. The van der Waals surface area contributed by atoms with Gasteiger partial charge in [0.25, 0.3) is 5.72 Å². The molecule has 0 heterocycles. The van der Waals surface area contributed by atoms with Crippen LogP contribution < -0.4 is 11.5 Å². The van der Waals surface area contributed by atoms with Gasteiger partial charge in [-0.05, 0) is 0 Å². The van der Waals surface area contributed by atoms with Crippen molar-refractivity contribution in [3.63, 3.8) is 0 Å². The zero-order chi connectivity index (χ0) is 9.78. The third kappa shape index (κ3) is 2.85. The summed E-state index contributed by atoms with van der Waals surface area (Å²) in [5, 5.41) is 0. The highest BCUT2D eigenvalue weighted by Gasteiger charge is 2.33. The second kappa shape index (κ2) is 4.03. The van der Waals surface area contributed by atoms with Crippen molar-refractivity contribution in [2.45, 2.75) is 12.6 Å². The summed E-state index contributed by atoms with van der Waals surface area (Å²) in [6.07, 6.45) is 0. The van der Waals surface area contributed by atoms with Gasteiger partial charge in [0.1, 0.15) is 0 Å². The lowest BCUT2D eigenvalue weighted by atomic mass is 10.3. The molecule has 0 bridgehead atoms. The van der Waals surface area contributed by atoms with E-state index in [9.17, 15) is 9.59 Å². The van der Waals surface area contributed by atoms with Crippen LogP contribution in [0.1, 0.15) is 6.92 Å². The quantitative estimate of drug-likeness (QED) is 0.393. The molecule has 6 heteroatoms. The van der Waals surface area contributed by atoms with E-state index in [-0.39, 0.29) is 6.54 Å². The molecule has 0 spiro atoms. The number of hydrogen-bond acceptors (Lipinski definition) is 6. The van der Waals surface area contributed by atoms with E-state index in [0.717, 1.165) is 7.11 Å². The van der Waals surface area contributed by atoms with Gasteiger partial charge >= 0.3 is 11.9 Å². The Morgan fingerprint density at radius 3 is 2.33 bits per heavy atom. The molecule has 12 heavy (non-hydrogen) atoms. The lowest BCUT2D eigenvalue weighted by molar-refractivity contribution is -0.177. The minimum Gasteiger partial charge on any atom is -0.465 e. The maximum Gasteiger partial charge on any atom is 0.365 e. The van der Waals surface area contributed by atoms with Crippen molar-refractivity contribution in [1.29, 1.82) is 0 Å². The van der Waals surface area contributed by atoms with E-state index < -0.39 is 17.7 Å². The molecule has 0 aromatic heterocycles. The highest BCUT2D eigenvalue weighted by molar-refractivity contribution is 5.82.